The van der Waals surface area contributed by atoms with Gasteiger partial charge in [0.1, 0.15) is 11.5 Å². The molecule has 0 saturated carbocycles. The number of para-hydroxylation sites is 1. The van der Waals surface area contributed by atoms with E-state index in [1.807, 2.05) is 54.6 Å². The van der Waals surface area contributed by atoms with Crippen LogP contribution in [0.2, 0.25) is 0 Å². The summed E-state index contributed by atoms with van der Waals surface area (Å²) in [7, 11) is 0. The lowest BCUT2D eigenvalue weighted by atomic mass is 10.1. The van der Waals surface area contributed by atoms with Gasteiger partial charge in [0.25, 0.3) is 0 Å². The van der Waals surface area contributed by atoms with E-state index in [9.17, 15) is 4.79 Å². The van der Waals surface area contributed by atoms with Crippen LogP contribution >= 0.6 is 0 Å². The van der Waals surface area contributed by atoms with Gasteiger partial charge in [0, 0.05) is 17.3 Å². The fraction of sp³-hybridized carbons (Fsp3) is 0.0476. The molecular weight excluding hydrogens is 340 g/mol. The topological polar surface area (TPSA) is 103 Å². The van der Waals surface area contributed by atoms with Crippen LogP contribution in [0.25, 0.3) is 0 Å². The second-order valence-corrected chi connectivity index (χ2v) is 5.83. The van der Waals surface area contributed by atoms with Crippen molar-refractivity contribution in [2.24, 2.45) is 16.5 Å². The molecule has 27 heavy (non-hydrogen) atoms. The first-order valence-corrected chi connectivity index (χ1v) is 8.39. The molecule has 0 fully saturated rings. The Kier molecular flexibility index (Phi) is 5.69. The van der Waals surface area contributed by atoms with Gasteiger partial charge in [-0.15, -0.1) is 0 Å². The number of primary amides is 1. The first-order chi connectivity index (χ1) is 13.1. The van der Waals surface area contributed by atoms with Crippen molar-refractivity contribution < 1.29 is 9.53 Å². The minimum Gasteiger partial charge on any atom is -0.457 e. The molecule has 3 aromatic carbocycles. The summed E-state index contributed by atoms with van der Waals surface area (Å²) in [5, 5.41) is 3.04. The van der Waals surface area contributed by atoms with Gasteiger partial charge in [-0.2, -0.15) is 0 Å². The van der Waals surface area contributed by atoms with Gasteiger partial charge in [0.15, 0.2) is 5.96 Å². The maximum atomic E-state index is 11.1. The van der Waals surface area contributed by atoms with Crippen LogP contribution in [0.1, 0.15) is 15.9 Å². The Bertz CT molecular complexity index is 938. The Labute approximate surface area is 157 Å². The van der Waals surface area contributed by atoms with Gasteiger partial charge < -0.3 is 21.5 Å². The van der Waals surface area contributed by atoms with Crippen molar-refractivity contribution in [3.63, 3.8) is 0 Å². The van der Waals surface area contributed by atoms with Crippen LogP contribution in [0, 0.1) is 0 Å². The summed E-state index contributed by atoms with van der Waals surface area (Å²) in [5.74, 6) is 1.28. The van der Waals surface area contributed by atoms with E-state index in [0.29, 0.717) is 17.9 Å². The predicted octanol–water partition coefficient (Wildman–Crippen LogP) is 3.50. The van der Waals surface area contributed by atoms with Gasteiger partial charge in [0.2, 0.25) is 5.91 Å². The Balaban J connectivity index is 1.61. The molecule has 0 radical (unpaired) electrons. The number of benzene rings is 3. The zero-order valence-electron chi connectivity index (χ0n) is 14.6. The van der Waals surface area contributed by atoms with Gasteiger partial charge in [-0.25, -0.2) is 4.99 Å². The van der Waals surface area contributed by atoms with E-state index in [2.05, 4.69) is 10.3 Å². The number of guanidine groups is 1. The molecule has 0 atom stereocenters. The molecule has 0 unspecified atom stereocenters. The molecule has 0 aliphatic heterocycles. The molecule has 0 saturated heterocycles. The lowest BCUT2D eigenvalue weighted by Crippen LogP contribution is -2.22. The Morgan fingerprint density at radius 3 is 2.30 bits per heavy atom. The van der Waals surface area contributed by atoms with Crippen LogP contribution in [-0.4, -0.2) is 11.9 Å². The molecular formula is C21H20N4O2. The highest BCUT2D eigenvalue weighted by Crippen LogP contribution is 2.23. The summed E-state index contributed by atoms with van der Waals surface area (Å²) in [6, 6.07) is 23.9. The summed E-state index contributed by atoms with van der Waals surface area (Å²) in [5.41, 5.74) is 13.3. The van der Waals surface area contributed by atoms with Crippen LogP contribution < -0.4 is 21.5 Å². The van der Waals surface area contributed by atoms with Gasteiger partial charge in [-0.05, 0) is 42.0 Å². The highest BCUT2D eigenvalue weighted by molar-refractivity contribution is 5.93. The zero-order valence-corrected chi connectivity index (χ0v) is 14.6. The smallest absolute Gasteiger partial charge is 0.248 e. The molecule has 0 heterocycles. The Morgan fingerprint density at radius 1 is 0.889 bits per heavy atom. The van der Waals surface area contributed by atoms with Crippen LogP contribution in [0.4, 0.5) is 5.69 Å². The third kappa shape index (κ3) is 5.34. The van der Waals surface area contributed by atoms with Crippen LogP contribution in [-0.2, 0) is 6.54 Å². The van der Waals surface area contributed by atoms with E-state index in [0.717, 1.165) is 17.0 Å². The first kappa shape index (κ1) is 18.0. The van der Waals surface area contributed by atoms with Crippen molar-refractivity contribution in [1.29, 1.82) is 0 Å². The van der Waals surface area contributed by atoms with E-state index in [-0.39, 0.29) is 5.96 Å². The summed E-state index contributed by atoms with van der Waals surface area (Å²) in [4.78, 5) is 15.4. The highest BCUT2D eigenvalue weighted by atomic mass is 16.5. The van der Waals surface area contributed by atoms with E-state index < -0.39 is 5.91 Å². The minimum absolute atomic E-state index is 0.283. The van der Waals surface area contributed by atoms with Crippen molar-refractivity contribution in [1.82, 2.24) is 0 Å². The Hall–Kier alpha value is -3.80. The molecule has 6 heteroatoms. The van der Waals surface area contributed by atoms with Gasteiger partial charge in [-0.1, -0.05) is 36.4 Å². The van der Waals surface area contributed by atoms with Crippen molar-refractivity contribution in [3.8, 4) is 11.5 Å². The van der Waals surface area contributed by atoms with Crippen molar-refractivity contribution in [2.45, 2.75) is 6.54 Å². The number of hydrogen-bond donors (Lipinski definition) is 3. The molecule has 3 aromatic rings. The van der Waals surface area contributed by atoms with Crippen molar-refractivity contribution in [2.75, 3.05) is 5.32 Å². The second-order valence-electron chi connectivity index (χ2n) is 5.83. The average Bonchev–Trinajstić information content (AvgIpc) is 2.68. The number of aliphatic imine (C=N–C) groups is 1. The average molecular weight is 360 g/mol. The number of carbonyl (C=O) groups excluding carboxylic acids is 1. The quantitative estimate of drug-likeness (QED) is 0.462. The van der Waals surface area contributed by atoms with Crippen LogP contribution in [0.15, 0.2) is 83.9 Å². The number of nitrogens with zero attached hydrogens (tertiary/aromatic N) is 1. The first-order valence-electron chi connectivity index (χ1n) is 8.39. The number of nitrogens with two attached hydrogens (primary N) is 2. The highest BCUT2D eigenvalue weighted by Gasteiger charge is 2.02. The van der Waals surface area contributed by atoms with E-state index in [1.54, 1.807) is 24.3 Å². The zero-order chi connectivity index (χ0) is 19.1. The number of ether oxygens (including phenoxy) is 1. The minimum atomic E-state index is -0.455. The van der Waals surface area contributed by atoms with Crippen molar-refractivity contribution in [3.05, 3.63) is 90.0 Å². The second kappa shape index (κ2) is 8.53. The van der Waals surface area contributed by atoms with E-state index in [4.69, 9.17) is 16.2 Å². The Morgan fingerprint density at radius 2 is 1.59 bits per heavy atom. The number of rotatable bonds is 6. The van der Waals surface area contributed by atoms with E-state index in [1.165, 1.54) is 0 Å². The normalized spacial score (nSPS) is 11.0. The molecule has 0 aliphatic rings. The maximum Gasteiger partial charge on any atom is 0.248 e. The number of hydrogen-bond acceptors (Lipinski definition) is 3. The fourth-order valence-electron chi connectivity index (χ4n) is 2.40. The van der Waals surface area contributed by atoms with Gasteiger partial charge in [0.05, 0.1) is 6.54 Å². The predicted molar refractivity (Wildman–Crippen MR) is 107 cm³/mol. The van der Waals surface area contributed by atoms with Gasteiger partial charge >= 0.3 is 0 Å². The summed E-state index contributed by atoms with van der Waals surface area (Å²) in [6.07, 6.45) is 0. The number of nitrogens with one attached hydrogen (secondary N) is 1. The molecule has 1 amide bonds. The number of amides is 1. The summed E-state index contributed by atoms with van der Waals surface area (Å²) >= 11 is 0. The molecule has 0 bridgehead atoms. The van der Waals surface area contributed by atoms with Crippen LogP contribution in [0.3, 0.4) is 0 Å². The molecule has 136 valence electrons. The largest absolute Gasteiger partial charge is 0.457 e. The number of anilines is 1. The molecule has 0 aromatic heterocycles. The summed E-state index contributed by atoms with van der Waals surface area (Å²) in [6.45, 7) is 0.387. The fourth-order valence-corrected chi connectivity index (χ4v) is 2.40. The molecule has 0 aliphatic carbocycles. The number of carbonyl (C=O) groups is 1. The SMILES string of the molecule is NC(=O)c1ccc(CN=C(N)Nc2cccc(Oc3ccccc3)c2)cc1. The molecule has 0 spiro atoms. The van der Waals surface area contributed by atoms with Crippen molar-refractivity contribution >= 4 is 17.6 Å². The molecule has 5 N–H and O–H groups in total. The van der Waals surface area contributed by atoms with Gasteiger partial charge in [-0.3, -0.25) is 4.79 Å². The van der Waals surface area contributed by atoms with E-state index >= 15 is 0 Å². The maximum absolute atomic E-state index is 11.1. The third-order valence-corrected chi connectivity index (χ3v) is 3.76. The summed E-state index contributed by atoms with van der Waals surface area (Å²) < 4.78 is 5.80. The third-order valence-electron chi connectivity index (χ3n) is 3.76. The molecule has 6 nitrogen and oxygen atoms in total. The van der Waals surface area contributed by atoms with Crippen LogP contribution in [0.5, 0.6) is 11.5 Å². The molecule has 3 rings (SSSR count). The monoisotopic (exact) mass is 360 g/mol. The lowest BCUT2D eigenvalue weighted by Gasteiger charge is -2.09. The standard InChI is InChI=1S/C21H20N4O2/c22-20(26)16-11-9-15(10-12-16)14-24-21(23)25-17-5-4-8-19(13-17)27-18-6-2-1-3-7-18/h1-13H,14H2,(H2,22,26)(H3,23,24,25). The lowest BCUT2D eigenvalue weighted by molar-refractivity contribution is 0.100.